The van der Waals surface area contributed by atoms with Gasteiger partial charge in [-0.05, 0) is 47.0 Å². The molecule has 0 amide bonds. The van der Waals surface area contributed by atoms with Crippen LogP contribution in [0.25, 0.3) is 0 Å². The second-order valence-electron chi connectivity index (χ2n) is 4.72. The molecule has 0 aliphatic carbocycles. The number of hydrogen-bond donors (Lipinski definition) is 1. The van der Waals surface area contributed by atoms with Crippen molar-refractivity contribution in [3.05, 3.63) is 22.2 Å². The maximum absolute atomic E-state index is 9.55. The summed E-state index contributed by atoms with van der Waals surface area (Å²) in [7, 11) is 1.65. The predicted molar refractivity (Wildman–Crippen MR) is 77.8 cm³/mol. The lowest BCUT2D eigenvalue weighted by molar-refractivity contribution is 0.174. The highest BCUT2D eigenvalue weighted by Gasteiger charge is 2.21. The summed E-state index contributed by atoms with van der Waals surface area (Å²) in [5.74, 6) is 1.49. The molecule has 2 rings (SSSR count). The number of aliphatic hydroxyl groups is 1. The Hall–Kier alpha value is -0.780. The van der Waals surface area contributed by atoms with Crippen molar-refractivity contribution in [3.8, 4) is 11.5 Å². The van der Waals surface area contributed by atoms with Crippen LogP contribution in [0, 0.1) is 0 Å². The van der Waals surface area contributed by atoms with Crippen LogP contribution in [0.3, 0.4) is 0 Å². The molecule has 1 aromatic rings. The van der Waals surface area contributed by atoms with E-state index in [-0.39, 0.29) is 6.10 Å². The van der Waals surface area contributed by atoms with Crippen LogP contribution in [0.15, 0.2) is 16.6 Å². The first-order chi connectivity index (χ1) is 9.13. The second kappa shape index (κ2) is 6.59. The highest BCUT2D eigenvalue weighted by atomic mass is 79.9. The lowest BCUT2D eigenvalue weighted by Crippen LogP contribution is -2.21. The lowest BCUT2D eigenvalue weighted by atomic mass is 10.2. The van der Waals surface area contributed by atoms with Gasteiger partial charge in [-0.2, -0.15) is 0 Å². The van der Waals surface area contributed by atoms with Gasteiger partial charge in [-0.1, -0.05) is 0 Å². The average Bonchev–Trinajstić information content (AvgIpc) is 2.78. The SMILES string of the molecule is CCOc1c(Br)cc(CN2CC[C@@H](O)C2)cc1OC. The van der Waals surface area contributed by atoms with E-state index in [4.69, 9.17) is 9.47 Å². The minimum Gasteiger partial charge on any atom is -0.493 e. The van der Waals surface area contributed by atoms with Crippen molar-refractivity contribution in [3.63, 3.8) is 0 Å². The van der Waals surface area contributed by atoms with E-state index in [0.717, 1.165) is 47.6 Å². The third-order valence-corrected chi connectivity index (χ3v) is 3.82. The molecule has 1 aliphatic rings. The van der Waals surface area contributed by atoms with E-state index in [9.17, 15) is 5.11 Å². The number of aliphatic hydroxyl groups excluding tert-OH is 1. The molecular formula is C14H20BrNO3. The van der Waals surface area contributed by atoms with Gasteiger partial charge in [0.1, 0.15) is 0 Å². The summed E-state index contributed by atoms with van der Waals surface area (Å²) in [6.07, 6.45) is 0.669. The molecule has 19 heavy (non-hydrogen) atoms. The Morgan fingerprint density at radius 3 is 2.84 bits per heavy atom. The van der Waals surface area contributed by atoms with Crippen LogP contribution in [0.5, 0.6) is 11.5 Å². The monoisotopic (exact) mass is 329 g/mol. The van der Waals surface area contributed by atoms with Crippen molar-refractivity contribution in [2.45, 2.75) is 26.0 Å². The molecule has 1 aromatic carbocycles. The first-order valence-corrected chi connectivity index (χ1v) is 7.33. The predicted octanol–water partition coefficient (Wildman–Crippen LogP) is 2.42. The standard InChI is InChI=1S/C14H20BrNO3/c1-3-19-14-12(15)6-10(7-13(14)18-2)8-16-5-4-11(17)9-16/h6-7,11,17H,3-5,8-9H2,1-2H3/t11-/m1/s1. The van der Waals surface area contributed by atoms with Crippen LogP contribution < -0.4 is 9.47 Å². The average molecular weight is 330 g/mol. The third kappa shape index (κ3) is 3.61. The molecule has 0 radical (unpaired) electrons. The number of methoxy groups -OCH3 is 1. The van der Waals surface area contributed by atoms with Gasteiger partial charge in [-0.25, -0.2) is 0 Å². The summed E-state index contributed by atoms with van der Waals surface area (Å²) in [5, 5.41) is 9.55. The molecule has 5 heteroatoms. The summed E-state index contributed by atoms with van der Waals surface area (Å²) < 4.78 is 11.9. The quantitative estimate of drug-likeness (QED) is 0.900. The normalized spacial score (nSPS) is 19.7. The Labute approximate surface area is 122 Å². The molecule has 4 nitrogen and oxygen atoms in total. The van der Waals surface area contributed by atoms with Gasteiger partial charge in [-0.3, -0.25) is 4.90 Å². The molecule has 1 heterocycles. The smallest absolute Gasteiger partial charge is 0.175 e. The van der Waals surface area contributed by atoms with E-state index in [1.165, 1.54) is 0 Å². The minimum atomic E-state index is -0.187. The number of β-amino-alcohol motifs (C(OH)–C–C–N with tert-alkyl or cyclic N) is 1. The van der Waals surface area contributed by atoms with Crippen molar-refractivity contribution in [2.75, 3.05) is 26.8 Å². The molecule has 1 aliphatic heterocycles. The molecule has 0 unspecified atom stereocenters. The fourth-order valence-electron chi connectivity index (χ4n) is 2.36. The highest BCUT2D eigenvalue weighted by Crippen LogP contribution is 2.37. The molecular weight excluding hydrogens is 310 g/mol. The fourth-order valence-corrected chi connectivity index (χ4v) is 2.97. The van der Waals surface area contributed by atoms with Crippen LogP contribution in [0.2, 0.25) is 0 Å². The first-order valence-electron chi connectivity index (χ1n) is 6.53. The van der Waals surface area contributed by atoms with Crippen LogP contribution in [0.1, 0.15) is 18.9 Å². The molecule has 0 spiro atoms. The van der Waals surface area contributed by atoms with E-state index < -0.39 is 0 Å². The number of ether oxygens (including phenoxy) is 2. The van der Waals surface area contributed by atoms with Gasteiger partial charge in [0, 0.05) is 19.6 Å². The zero-order valence-corrected chi connectivity index (χ0v) is 12.9. The second-order valence-corrected chi connectivity index (χ2v) is 5.57. The number of hydrogen-bond acceptors (Lipinski definition) is 4. The van der Waals surface area contributed by atoms with E-state index >= 15 is 0 Å². The molecule has 0 aromatic heterocycles. The van der Waals surface area contributed by atoms with Gasteiger partial charge in [0.05, 0.1) is 24.3 Å². The summed E-state index contributed by atoms with van der Waals surface area (Å²) in [6, 6.07) is 4.05. The molecule has 0 bridgehead atoms. The zero-order chi connectivity index (χ0) is 13.8. The Morgan fingerprint density at radius 2 is 2.26 bits per heavy atom. The number of halogens is 1. The van der Waals surface area contributed by atoms with E-state index in [2.05, 4.69) is 26.9 Å². The van der Waals surface area contributed by atoms with Gasteiger partial charge in [0.25, 0.3) is 0 Å². The molecule has 106 valence electrons. The van der Waals surface area contributed by atoms with Crippen molar-refractivity contribution in [1.29, 1.82) is 0 Å². The Morgan fingerprint density at radius 1 is 1.47 bits per heavy atom. The highest BCUT2D eigenvalue weighted by molar-refractivity contribution is 9.10. The molecule has 1 N–H and O–H groups in total. The Kier molecular flexibility index (Phi) is 5.07. The van der Waals surface area contributed by atoms with Crippen LogP contribution >= 0.6 is 15.9 Å². The Bertz CT molecular complexity index is 439. The molecule has 1 fully saturated rings. The lowest BCUT2D eigenvalue weighted by Gasteiger charge is -2.17. The van der Waals surface area contributed by atoms with Crippen molar-refractivity contribution >= 4 is 15.9 Å². The number of rotatable bonds is 5. The Balaban J connectivity index is 2.15. The van der Waals surface area contributed by atoms with Crippen LogP contribution in [-0.2, 0) is 6.54 Å². The molecule has 0 saturated carbocycles. The fraction of sp³-hybridized carbons (Fsp3) is 0.571. The maximum Gasteiger partial charge on any atom is 0.175 e. The van der Waals surface area contributed by atoms with Crippen molar-refractivity contribution in [2.24, 2.45) is 0 Å². The summed E-state index contributed by atoms with van der Waals surface area (Å²) in [5.41, 5.74) is 1.15. The number of likely N-dealkylation sites (tertiary alicyclic amines) is 1. The van der Waals surface area contributed by atoms with E-state index in [1.54, 1.807) is 7.11 Å². The van der Waals surface area contributed by atoms with E-state index in [0.29, 0.717) is 6.61 Å². The number of benzene rings is 1. The first kappa shape index (κ1) is 14.6. The van der Waals surface area contributed by atoms with Crippen molar-refractivity contribution in [1.82, 2.24) is 4.90 Å². The summed E-state index contributed by atoms with van der Waals surface area (Å²) in [4.78, 5) is 2.24. The van der Waals surface area contributed by atoms with Gasteiger partial charge in [-0.15, -0.1) is 0 Å². The summed E-state index contributed by atoms with van der Waals surface area (Å²) in [6.45, 7) is 5.05. The topological polar surface area (TPSA) is 41.9 Å². The van der Waals surface area contributed by atoms with Gasteiger partial charge < -0.3 is 14.6 Å². The number of nitrogens with zero attached hydrogens (tertiary/aromatic N) is 1. The van der Waals surface area contributed by atoms with Gasteiger partial charge in [0.2, 0.25) is 0 Å². The van der Waals surface area contributed by atoms with Crippen molar-refractivity contribution < 1.29 is 14.6 Å². The molecule has 1 atom stereocenters. The largest absolute Gasteiger partial charge is 0.493 e. The minimum absolute atomic E-state index is 0.187. The van der Waals surface area contributed by atoms with Gasteiger partial charge in [0.15, 0.2) is 11.5 Å². The third-order valence-electron chi connectivity index (χ3n) is 3.23. The van der Waals surface area contributed by atoms with E-state index in [1.807, 2.05) is 13.0 Å². The molecule has 1 saturated heterocycles. The zero-order valence-electron chi connectivity index (χ0n) is 11.4. The van der Waals surface area contributed by atoms with Crippen LogP contribution in [0.4, 0.5) is 0 Å². The van der Waals surface area contributed by atoms with Crippen LogP contribution in [-0.4, -0.2) is 42.9 Å². The maximum atomic E-state index is 9.55. The van der Waals surface area contributed by atoms with Gasteiger partial charge >= 0.3 is 0 Å². The summed E-state index contributed by atoms with van der Waals surface area (Å²) >= 11 is 3.53.